The molecule has 0 aliphatic rings. The van der Waals surface area contributed by atoms with E-state index in [1.165, 1.54) is 14.2 Å². The van der Waals surface area contributed by atoms with Gasteiger partial charge in [0.1, 0.15) is 11.6 Å². The molecule has 1 rings (SSSR count). The number of ether oxygens (including phenoxy) is 1. The van der Waals surface area contributed by atoms with Gasteiger partial charge in [0.25, 0.3) is 5.91 Å². The molecule has 0 aromatic heterocycles. The summed E-state index contributed by atoms with van der Waals surface area (Å²) in [6.07, 6.45) is -0.271. The summed E-state index contributed by atoms with van der Waals surface area (Å²) in [6, 6.07) is 6.95. The molecule has 1 N–H and O–H groups in total. The number of nitrogens with one attached hydrogen (secondary N) is 1. The summed E-state index contributed by atoms with van der Waals surface area (Å²) < 4.78 is 5.24. The first-order valence-electron chi connectivity index (χ1n) is 7.49. The van der Waals surface area contributed by atoms with E-state index in [0.717, 1.165) is 16.2 Å². The maximum absolute atomic E-state index is 12.4. The highest BCUT2D eigenvalue weighted by Crippen LogP contribution is 2.12. The highest BCUT2D eigenvalue weighted by molar-refractivity contribution is 5.85. The van der Waals surface area contributed by atoms with Crippen LogP contribution in [0.2, 0.25) is 0 Å². The lowest BCUT2D eigenvalue weighted by Crippen LogP contribution is -2.49. The zero-order chi connectivity index (χ0) is 17.6. The van der Waals surface area contributed by atoms with E-state index in [4.69, 9.17) is 9.57 Å². The van der Waals surface area contributed by atoms with Crippen LogP contribution in [0.5, 0.6) is 0 Å². The summed E-state index contributed by atoms with van der Waals surface area (Å²) in [5.74, 6) is -0.346. The fourth-order valence-electron chi connectivity index (χ4n) is 2.02. The monoisotopic (exact) mass is 322 g/mol. The van der Waals surface area contributed by atoms with Crippen molar-refractivity contribution in [1.29, 1.82) is 0 Å². The van der Waals surface area contributed by atoms with Crippen LogP contribution in [0.25, 0.3) is 0 Å². The topological polar surface area (TPSA) is 67.9 Å². The number of amides is 2. The van der Waals surface area contributed by atoms with Crippen LogP contribution < -0.4 is 5.32 Å². The van der Waals surface area contributed by atoms with Gasteiger partial charge in [-0.15, -0.1) is 0 Å². The van der Waals surface area contributed by atoms with Gasteiger partial charge in [-0.25, -0.2) is 9.86 Å². The van der Waals surface area contributed by atoms with Gasteiger partial charge in [0, 0.05) is 13.5 Å². The quantitative estimate of drug-likeness (QED) is 0.846. The fourth-order valence-corrected chi connectivity index (χ4v) is 2.02. The Morgan fingerprint density at radius 1 is 1.26 bits per heavy atom. The summed E-state index contributed by atoms with van der Waals surface area (Å²) >= 11 is 0. The Morgan fingerprint density at radius 3 is 2.39 bits per heavy atom. The first-order valence-corrected chi connectivity index (χ1v) is 7.49. The van der Waals surface area contributed by atoms with Gasteiger partial charge in [0.2, 0.25) is 0 Å². The van der Waals surface area contributed by atoms with Crippen LogP contribution in [0.3, 0.4) is 0 Å². The number of carbonyl (C=O) groups excluding carboxylic acids is 2. The summed E-state index contributed by atoms with van der Waals surface area (Å²) in [5, 5.41) is 3.73. The van der Waals surface area contributed by atoms with E-state index >= 15 is 0 Å². The lowest BCUT2D eigenvalue weighted by molar-refractivity contribution is -0.171. The number of carbonyl (C=O) groups is 2. The largest absolute Gasteiger partial charge is 0.444 e. The average molecular weight is 322 g/mol. The molecule has 0 saturated heterocycles. The predicted molar refractivity (Wildman–Crippen MR) is 87.8 cm³/mol. The van der Waals surface area contributed by atoms with Gasteiger partial charge in [0.05, 0.1) is 7.11 Å². The first-order chi connectivity index (χ1) is 10.6. The van der Waals surface area contributed by atoms with Crippen LogP contribution in [0.1, 0.15) is 31.9 Å². The second-order valence-corrected chi connectivity index (χ2v) is 6.35. The van der Waals surface area contributed by atoms with E-state index in [1.54, 1.807) is 20.8 Å². The van der Waals surface area contributed by atoms with Crippen molar-refractivity contribution in [3.05, 3.63) is 35.4 Å². The molecule has 0 fully saturated rings. The molecule has 0 spiro atoms. The Hall–Kier alpha value is -2.08. The van der Waals surface area contributed by atoms with E-state index in [0.29, 0.717) is 6.42 Å². The highest BCUT2D eigenvalue weighted by Gasteiger charge is 2.27. The molecular weight excluding hydrogens is 296 g/mol. The second-order valence-electron chi connectivity index (χ2n) is 6.35. The van der Waals surface area contributed by atoms with E-state index in [-0.39, 0.29) is 5.91 Å². The van der Waals surface area contributed by atoms with Crippen LogP contribution >= 0.6 is 0 Å². The third-order valence-electron chi connectivity index (χ3n) is 3.26. The second kappa shape index (κ2) is 7.97. The molecule has 0 radical (unpaired) electrons. The summed E-state index contributed by atoms with van der Waals surface area (Å²) in [4.78, 5) is 29.4. The van der Waals surface area contributed by atoms with Crippen molar-refractivity contribution in [3.63, 3.8) is 0 Å². The molecule has 2 amide bonds. The molecule has 0 heterocycles. The minimum Gasteiger partial charge on any atom is -0.444 e. The number of likely N-dealkylation sites (N-methyl/N-ethyl adjacent to an activating group) is 1. The Morgan fingerprint density at radius 2 is 1.87 bits per heavy atom. The highest BCUT2D eigenvalue weighted by atomic mass is 16.7. The van der Waals surface area contributed by atoms with E-state index in [9.17, 15) is 9.59 Å². The normalized spacial score (nSPS) is 12.4. The van der Waals surface area contributed by atoms with Gasteiger partial charge in [-0.05, 0) is 38.8 Å². The fraction of sp³-hybridized carbons (Fsp3) is 0.529. The van der Waals surface area contributed by atoms with Crippen LogP contribution in [0.4, 0.5) is 4.79 Å². The summed E-state index contributed by atoms with van der Waals surface area (Å²) in [7, 11) is 2.90. The van der Waals surface area contributed by atoms with Gasteiger partial charge < -0.3 is 10.1 Å². The number of benzene rings is 1. The molecule has 0 aliphatic carbocycles. The van der Waals surface area contributed by atoms with Crippen LogP contribution in [0, 0.1) is 6.92 Å². The van der Waals surface area contributed by atoms with Crippen molar-refractivity contribution in [2.45, 2.75) is 45.8 Å². The predicted octanol–water partition coefficient (Wildman–Crippen LogP) is 2.45. The lowest BCUT2D eigenvalue weighted by Gasteiger charge is -2.25. The molecule has 6 heteroatoms. The van der Waals surface area contributed by atoms with Crippen molar-refractivity contribution in [1.82, 2.24) is 10.4 Å². The third-order valence-corrected chi connectivity index (χ3v) is 3.26. The number of hydrogen-bond donors (Lipinski definition) is 1. The van der Waals surface area contributed by atoms with Gasteiger partial charge >= 0.3 is 6.09 Å². The molecule has 23 heavy (non-hydrogen) atoms. The van der Waals surface area contributed by atoms with E-state index < -0.39 is 17.7 Å². The van der Waals surface area contributed by atoms with E-state index in [1.807, 2.05) is 31.2 Å². The number of rotatable bonds is 5. The Labute approximate surface area is 137 Å². The smallest absolute Gasteiger partial charge is 0.408 e. The minimum absolute atomic E-state index is 0.346. The average Bonchev–Trinajstić information content (AvgIpc) is 2.45. The Bertz CT molecular complexity index is 552. The van der Waals surface area contributed by atoms with Crippen LogP contribution in [-0.4, -0.2) is 42.9 Å². The van der Waals surface area contributed by atoms with E-state index in [2.05, 4.69) is 5.32 Å². The first kappa shape index (κ1) is 19.0. The Kier molecular flexibility index (Phi) is 6.57. The van der Waals surface area contributed by atoms with Gasteiger partial charge in [0.15, 0.2) is 0 Å². The molecule has 0 unspecified atom stereocenters. The molecule has 0 bridgehead atoms. The van der Waals surface area contributed by atoms with Gasteiger partial charge in [-0.1, -0.05) is 24.3 Å². The third kappa shape index (κ3) is 6.28. The lowest BCUT2D eigenvalue weighted by atomic mass is 10.0. The number of hydroxylamine groups is 2. The van der Waals surface area contributed by atoms with Crippen LogP contribution in [0.15, 0.2) is 24.3 Å². The van der Waals surface area contributed by atoms with Gasteiger partial charge in [-0.2, -0.15) is 0 Å². The number of aryl methyl sites for hydroxylation is 1. The zero-order valence-electron chi connectivity index (χ0n) is 14.7. The molecule has 1 aromatic rings. The summed E-state index contributed by atoms with van der Waals surface area (Å²) in [5.41, 5.74) is 1.40. The maximum atomic E-state index is 12.4. The zero-order valence-corrected chi connectivity index (χ0v) is 14.7. The number of hydrogen-bond acceptors (Lipinski definition) is 4. The van der Waals surface area contributed by atoms with Crippen molar-refractivity contribution in [3.8, 4) is 0 Å². The van der Waals surface area contributed by atoms with Crippen LogP contribution in [-0.2, 0) is 20.8 Å². The molecule has 0 aliphatic heterocycles. The maximum Gasteiger partial charge on any atom is 0.408 e. The molecular formula is C17H26N2O4. The standard InChI is InChI=1S/C17H26N2O4/c1-12-9-7-8-10-13(12)11-14(15(20)19(5)22-6)18-16(21)23-17(2,3)4/h7-10,14H,11H2,1-6H3,(H,18,21)/t14-/m1/s1. The van der Waals surface area contributed by atoms with Crippen molar-refractivity contribution in [2.75, 3.05) is 14.2 Å². The SMILES string of the molecule is CON(C)C(=O)[C@@H](Cc1ccccc1C)NC(=O)OC(C)(C)C. The van der Waals surface area contributed by atoms with Crippen molar-refractivity contribution >= 4 is 12.0 Å². The van der Waals surface area contributed by atoms with Gasteiger partial charge in [-0.3, -0.25) is 9.63 Å². The Balaban J connectivity index is 2.92. The summed E-state index contributed by atoms with van der Waals surface area (Å²) in [6.45, 7) is 7.27. The number of nitrogens with zero attached hydrogens (tertiary/aromatic N) is 1. The number of alkyl carbamates (subject to hydrolysis) is 1. The van der Waals surface area contributed by atoms with Crippen molar-refractivity contribution < 1.29 is 19.2 Å². The molecule has 1 atom stereocenters. The minimum atomic E-state index is -0.768. The molecule has 6 nitrogen and oxygen atoms in total. The molecule has 1 aromatic carbocycles. The molecule has 0 saturated carbocycles. The van der Waals surface area contributed by atoms with Crippen molar-refractivity contribution in [2.24, 2.45) is 0 Å². The molecule has 128 valence electrons.